The third kappa shape index (κ3) is 3.79. The van der Waals surface area contributed by atoms with Crippen LogP contribution in [-0.2, 0) is 13.6 Å². The zero-order valence-corrected chi connectivity index (χ0v) is 14.5. The fraction of sp³-hybridized carbons (Fsp3) is 0.750. The molecule has 1 aliphatic carbocycles. The van der Waals surface area contributed by atoms with E-state index in [0.29, 0.717) is 6.04 Å². The number of aryl methyl sites for hydroxylation is 2. The first-order valence-electron chi connectivity index (χ1n) is 8.39. The number of hydrogen-bond acceptors (Lipinski definition) is 3. The molecule has 0 aromatic carbocycles. The van der Waals surface area contributed by atoms with Crippen LogP contribution in [-0.4, -0.2) is 56.9 Å². The number of hydrogen-bond donors (Lipinski definition) is 1. The van der Waals surface area contributed by atoms with Crippen LogP contribution in [0.15, 0.2) is 6.20 Å². The van der Waals surface area contributed by atoms with Gasteiger partial charge in [0.05, 0.1) is 5.69 Å². The molecule has 0 amide bonds. The Balaban J connectivity index is 1.45. The van der Waals surface area contributed by atoms with Crippen molar-refractivity contribution in [1.29, 1.82) is 0 Å². The molecule has 1 N–H and O–H groups in total. The highest BCUT2D eigenvalue weighted by Crippen LogP contribution is 2.18. The molecule has 6 heteroatoms. The number of thiocarbonyl (C=S) groups is 1. The SMILES string of the molecule is Cc1nn(C)cc1CN1CCN(C(=S)NC2CCCC2)CC1. The van der Waals surface area contributed by atoms with Gasteiger partial charge in [0.2, 0.25) is 0 Å². The van der Waals surface area contributed by atoms with Crippen molar-refractivity contribution in [2.45, 2.75) is 45.2 Å². The second-order valence-electron chi connectivity index (χ2n) is 6.61. The fourth-order valence-corrected chi connectivity index (χ4v) is 3.84. The molecule has 1 aromatic heterocycles. The Morgan fingerprint density at radius 1 is 1.27 bits per heavy atom. The summed E-state index contributed by atoms with van der Waals surface area (Å²) in [5.41, 5.74) is 2.48. The topological polar surface area (TPSA) is 36.3 Å². The predicted octanol–water partition coefficient (Wildman–Crippen LogP) is 1.66. The van der Waals surface area contributed by atoms with E-state index >= 15 is 0 Å². The lowest BCUT2D eigenvalue weighted by Gasteiger charge is -2.36. The van der Waals surface area contributed by atoms with E-state index in [2.05, 4.69) is 33.3 Å². The van der Waals surface area contributed by atoms with Crippen molar-refractivity contribution in [3.63, 3.8) is 0 Å². The molecular weight excluding hydrogens is 294 g/mol. The number of nitrogens with zero attached hydrogens (tertiary/aromatic N) is 4. The van der Waals surface area contributed by atoms with Crippen LogP contribution in [0.25, 0.3) is 0 Å². The maximum absolute atomic E-state index is 5.59. The highest BCUT2D eigenvalue weighted by molar-refractivity contribution is 7.80. The zero-order valence-electron chi connectivity index (χ0n) is 13.7. The van der Waals surface area contributed by atoms with Gasteiger partial charge in [0.1, 0.15) is 0 Å². The molecule has 1 aromatic rings. The summed E-state index contributed by atoms with van der Waals surface area (Å²) >= 11 is 5.59. The first-order valence-corrected chi connectivity index (χ1v) is 8.79. The first-order chi connectivity index (χ1) is 10.6. The Bertz CT molecular complexity index is 513. The van der Waals surface area contributed by atoms with Crippen molar-refractivity contribution in [3.05, 3.63) is 17.5 Å². The van der Waals surface area contributed by atoms with Crippen LogP contribution in [0.3, 0.4) is 0 Å². The summed E-state index contributed by atoms with van der Waals surface area (Å²) in [7, 11) is 1.99. The number of nitrogens with one attached hydrogen (secondary N) is 1. The second kappa shape index (κ2) is 6.96. The van der Waals surface area contributed by atoms with Crippen LogP contribution in [0.5, 0.6) is 0 Å². The molecule has 22 heavy (non-hydrogen) atoms. The Hall–Kier alpha value is -1.14. The molecule has 2 fully saturated rings. The van der Waals surface area contributed by atoms with Crippen molar-refractivity contribution in [3.8, 4) is 0 Å². The van der Waals surface area contributed by atoms with Crippen LogP contribution < -0.4 is 5.32 Å². The third-order valence-corrected chi connectivity index (χ3v) is 5.23. The lowest BCUT2D eigenvalue weighted by molar-refractivity contribution is 0.173. The molecule has 122 valence electrons. The second-order valence-corrected chi connectivity index (χ2v) is 6.99. The van der Waals surface area contributed by atoms with Crippen molar-refractivity contribution in [1.82, 2.24) is 24.9 Å². The molecule has 1 saturated heterocycles. The molecule has 0 radical (unpaired) electrons. The van der Waals surface area contributed by atoms with E-state index in [1.807, 2.05) is 11.7 Å². The molecule has 1 saturated carbocycles. The highest BCUT2D eigenvalue weighted by Gasteiger charge is 2.22. The molecular formula is C16H27N5S. The largest absolute Gasteiger partial charge is 0.360 e. The number of rotatable bonds is 3. The Morgan fingerprint density at radius 2 is 1.95 bits per heavy atom. The summed E-state index contributed by atoms with van der Waals surface area (Å²) in [5.74, 6) is 0. The van der Waals surface area contributed by atoms with Gasteiger partial charge in [-0.3, -0.25) is 9.58 Å². The zero-order chi connectivity index (χ0) is 15.5. The van der Waals surface area contributed by atoms with Crippen LogP contribution in [0.2, 0.25) is 0 Å². The molecule has 0 spiro atoms. The maximum Gasteiger partial charge on any atom is 0.169 e. The van der Waals surface area contributed by atoms with Crippen molar-refractivity contribution >= 4 is 17.3 Å². The van der Waals surface area contributed by atoms with Gasteiger partial charge in [-0.15, -0.1) is 0 Å². The van der Waals surface area contributed by atoms with Crippen LogP contribution in [0.1, 0.15) is 36.9 Å². The summed E-state index contributed by atoms with van der Waals surface area (Å²) in [6.45, 7) is 7.28. The molecule has 0 unspecified atom stereocenters. The minimum Gasteiger partial charge on any atom is -0.360 e. The van der Waals surface area contributed by atoms with Gasteiger partial charge in [-0.05, 0) is 32.0 Å². The van der Waals surface area contributed by atoms with Crippen LogP contribution in [0.4, 0.5) is 0 Å². The summed E-state index contributed by atoms with van der Waals surface area (Å²) < 4.78 is 1.90. The van der Waals surface area contributed by atoms with E-state index in [0.717, 1.165) is 43.5 Å². The quantitative estimate of drug-likeness (QED) is 0.857. The molecule has 2 heterocycles. The standard InChI is InChI=1S/C16H27N5S/c1-13-14(11-19(2)18-13)12-20-7-9-21(10-8-20)16(22)17-15-5-3-4-6-15/h11,15H,3-10,12H2,1-2H3,(H,17,22). The smallest absolute Gasteiger partial charge is 0.169 e. The monoisotopic (exact) mass is 321 g/mol. The first kappa shape index (κ1) is 15.7. The molecule has 2 aliphatic rings. The van der Waals surface area contributed by atoms with Gasteiger partial charge in [0, 0.05) is 57.6 Å². The predicted molar refractivity (Wildman–Crippen MR) is 92.8 cm³/mol. The number of aromatic nitrogens is 2. The van der Waals surface area contributed by atoms with Gasteiger partial charge in [-0.2, -0.15) is 5.10 Å². The molecule has 1 aliphatic heterocycles. The van der Waals surface area contributed by atoms with Gasteiger partial charge in [0.15, 0.2) is 5.11 Å². The van der Waals surface area contributed by atoms with E-state index in [4.69, 9.17) is 12.2 Å². The molecule has 3 rings (SSSR count). The Labute approximate surface area is 138 Å². The van der Waals surface area contributed by atoms with Gasteiger partial charge in [-0.25, -0.2) is 0 Å². The lowest BCUT2D eigenvalue weighted by atomic mass is 10.2. The van der Waals surface area contributed by atoms with Crippen molar-refractivity contribution in [2.75, 3.05) is 26.2 Å². The summed E-state index contributed by atoms with van der Waals surface area (Å²) in [5, 5.41) is 8.94. The van der Waals surface area contributed by atoms with Gasteiger partial charge >= 0.3 is 0 Å². The average molecular weight is 321 g/mol. The Morgan fingerprint density at radius 3 is 2.55 bits per heavy atom. The van der Waals surface area contributed by atoms with Gasteiger partial charge < -0.3 is 10.2 Å². The highest BCUT2D eigenvalue weighted by atomic mass is 32.1. The maximum atomic E-state index is 5.59. The van der Waals surface area contributed by atoms with Gasteiger partial charge in [0.25, 0.3) is 0 Å². The Kier molecular flexibility index (Phi) is 4.98. The third-order valence-electron chi connectivity index (χ3n) is 4.85. The van der Waals surface area contributed by atoms with E-state index in [9.17, 15) is 0 Å². The van der Waals surface area contributed by atoms with Crippen LogP contribution in [0, 0.1) is 6.92 Å². The normalized spacial score (nSPS) is 20.5. The molecule has 0 atom stereocenters. The van der Waals surface area contributed by atoms with E-state index in [1.54, 1.807) is 0 Å². The number of piperazine rings is 1. The van der Waals surface area contributed by atoms with E-state index in [1.165, 1.54) is 31.2 Å². The minimum absolute atomic E-state index is 0.614. The van der Waals surface area contributed by atoms with Crippen molar-refractivity contribution < 1.29 is 0 Å². The van der Waals surface area contributed by atoms with Gasteiger partial charge in [-0.1, -0.05) is 12.8 Å². The molecule has 5 nitrogen and oxygen atoms in total. The van der Waals surface area contributed by atoms with Crippen molar-refractivity contribution in [2.24, 2.45) is 7.05 Å². The van der Waals surface area contributed by atoms with Crippen LogP contribution >= 0.6 is 12.2 Å². The van der Waals surface area contributed by atoms with E-state index < -0.39 is 0 Å². The average Bonchev–Trinajstić information content (AvgIpc) is 3.10. The minimum atomic E-state index is 0.614. The fourth-order valence-electron chi connectivity index (χ4n) is 3.49. The van der Waals surface area contributed by atoms with E-state index in [-0.39, 0.29) is 0 Å². The lowest BCUT2D eigenvalue weighted by Crippen LogP contribution is -2.52. The summed E-state index contributed by atoms with van der Waals surface area (Å²) in [6.07, 6.45) is 7.38. The summed E-state index contributed by atoms with van der Waals surface area (Å²) in [6, 6.07) is 0.614. The summed E-state index contributed by atoms with van der Waals surface area (Å²) in [4.78, 5) is 4.83. The molecule has 0 bridgehead atoms.